The van der Waals surface area contributed by atoms with E-state index in [0.717, 1.165) is 25.3 Å². The van der Waals surface area contributed by atoms with Gasteiger partial charge in [0.25, 0.3) is 0 Å². The van der Waals surface area contributed by atoms with Crippen LogP contribution in [0.3, 0.4) is 0 Å². The van der Waals surface area contributed by atoms with Crippen LogP contribution in [0.1, 0.15) is 37.8 Å². The Morgan fingerprint density at radius 1 is 1.22 bits per heavy atom. The molecule has 0 aliphatic heterocycles. The first-order valence-corrected chi connectivity index (χ1v) is 6.14. The van der Waals surface area contributed by atoms with E-state index >= 15 is 0 Å². The number of hydrogen-bond donors (Lipinski definition) is 2. The molecule has 1 aromatic rings. The van der Waals surface area contributed by atoms with E-state index in [-0.39, 0.29) is 11.5 Å². The van der Waals surface area contributed by atoms with Crippen molar-refractivity contribution in [1.29, 1.82) is 0 Å². The van der Waals surface area contributed by atoms with E-state index in [4.69, 9.17) is 5.84 Å². The molecule has 0 bridgehead atoms. The Labute approximate surface area is 104 Å². The van der Waals surface area contributed by atoms with Gasteiger partial charge in [0, 0.05) is 5.56 Å². The number of rotatable bonds is 3. The lowest BCUT2D eigenvalue weighted by Gasteiger charge is -2.23. The van der Waals surface area contributed by atoms with Crippen molar-refractivity contribution in [2.24, 2.45) is 17.7 Å². The highest BCUT2D eigenvalue weighted by molar-refractivity contribution is 5.24. The zero-order chi connectivity index (χ0) is 13.3. The van der Waals surface area contributed by atoms with E-state index in [1.165, 1.54) is 6.07 Å². The lowest BCUT2D eigenvalue weighted by molar-refractivity contribution is 0.344. The molecule has 1 saturated carbocycles. The van der Waals surface area contributed by atoms with Gasteiger partial charge in [-0.2, -0.15) is 0 Å². The van der Waals surface area contributed by atoms with Crippen molar-refractivity contribution in [3.63, 3.8) is 0 Å². The van der Waals surface area contributed by atoms with Crippen molar-refractivity contribution < 1.29 is 13.2 Å². The SMILES string of the molecule is CC1CCC(C(NN)c2ccc(F)c(F)c2F)C1. The molecule has 0 aromatic heterocycles. The minimum absolute atomic E-state index is 0.107. The Morgan fingerprint density at radius 3 is 2.50 bits per heavy atom. The predicted molar refractivity (Wildman–Crippen MR) is 62.9 cm³/mol. The number of hydrazine groups is 1. The minimum Gasteiger partial charge on any atom is -0.271 e. The smallest absolute Gasteiger partial charge is 0.194 e. The highest BCUT2D eigenvalue weighted by atomic mass is 19.2. The molecule has 3 unspecified atom stereocenters. The van der Waals surface area contributed by atoms with Gasteiger partial charge in [-0.3, -0.25) is 11.3 Å². The Balaban J connectivity index is 2.30. The third kappa shape index (κ3) is 2.37. The second kappa shape index (κ2) is 5.28. The van der Waals surface area contributed by atoms with Gasteiger partial charge in [0.05, 0.1) is 6.04 Å². The molecule has 1 aliphatic rings. The lowest BCUT2D eigenvalue weighted by atomic mass is 9.91. The number of nitrogens with two attached hydrogens (primary N) is 1. The van der Waals surface area contributed by atoms with Crippen LogP contribution in [0, 0.1) is 29.3 Å². The summed E-state index contributed by atoms with van der Waals surface area (Å²) in [7, 11) is 0. The Kier molecular flexibility index (Phi) is 3.92. The van der Waals surface area contributed by atoms with E-state index in [2.05, 4.69) is 12.3 Å². The topological polar surface area (TPSA) is 38.0 Å². The number of benzene rings is 1. The first-order valence-electron chi connectivity index (χ1n) is 6.14. The van der Waals surface area contributed by atoms with Gasteiger partial charge in [0.1, 0.15) is 0 Å². The molecular weight excluding hydrogens is 241 g/mol. The maximum atomic E-state index is 13.7. The first-order chi connectivity index (χ1) is 8.54. The van der Waals surface area contributed by atoms with E-state index in [1.807, 2.05) is 0 Å². The number of halogens is 3. The van der Waals surface area contributed by atoms with Crippen LogP contribution in [0.15, 0.2) is 12.1 Å². The van der Waals surface area contributed by atoms with E-state index in [0.29, 0.717) is 5.92 Å². The minimum atomic E-state index is -1.43. The molecule has 3 N–H and O–H groups in total. The van der Waals surface area contributed by atoms with Crippen molar-refractivity contribution in [2.75, 3.05) is 0 Å². The molecule has 0 radical (unpaired) electrons. The van der Waals surface area contributed by atoms with E-state index in [1.54, 1.807) is 0 Å². The highest BCUT2D eigenvalue weighted by Crippen LogP contribution is 2.39. The van der Waals surface area contributed by atoms with Crippen molar-refractivity contribution in [3.8, 4) is 0 Å². The van der Waals surface area contributed by atoms with Gasteiger partial charge in [-0.15, -0.1) is 0 Å². The molecule has 1 aromatic carbocycles. The standard InChI is InChI=1S/C13H17F3N2/c1-7-2-3-8(6-7)13(18-17)9-4-5-10(14)12(16)11(9)15/h4-5,7-8,13,18H,2-3,6,17H2,1H3. The summed E-state index contributed by atoms with van der Waals surface area (Å²) in [5.74, 6) is 2.42. The maximum absolute atomic E-state index is 13.7. The van der Waals surface area contributed by atoms with Crippen molar-refractivity contribution in [2.45, 2.75) is 32.2 Å². The monoisotopic (exact) mass is 258 g/mol. The molecular formula is C13H17F3N2. The largest absolute Gasteiger partial charge is 0.271 e. The van der Waals surface area contributed by atoms with Gasteiger partial charge in [-0.25, -0.2) is 13.2 Å². The third-order valence-electron chi connectivity index (χ3n) is 3.79. The molecule has 0 amide bonds. The molecule has 0 heterocycles. The normalized spacial score (nSPS) is 25.4. The van der Waals surface area contributed by atoms with Gasteiger partial charge >= 0.3 is 0 Å². The quantitative estimate of drug-likeness (QED) is 0.497. The fraction of sp³-hybridized carbons (Fsp3) is 0.538. The average molecular weight is 258 g/mol. The lowest BCUT2D eigenvalue weighted by Crippen LogP contribution is -2.33. The molecule has 100 valence electrons. The summed E-state index contributed by atoms with van der Waals surface area (Å²) in [6, 6.07) is 1.74. The zero-order valence-corrected chi connectivity index (χ0v) is 10.2. The van der Waals surface area contributed by atoms with E-state index in [9.17, 15) is 13.2 Å². The summed E-state index contributed by atoms with van der Waals surface area (Å²) < 4.78 is 39.9. The van der Waals surface area contributed by atoms with Crippen LogP contribution in [0.2, 0.25) is 0 Å². The van der Waals surface area contributed by atoms with Crippen LogP contribution >= 0.6 is 0 Å². The Morgan fingerprint density at radius 2 is 1.94 bits per heavy atom. The van der Waals surface area contributed by atoms with Crippen LogP contribution in [0.4, 0.5) is 13.2 Å². The van der Waals surface area contributed by atoms with Gasteiger partial charge in [0.2, 0.25) is 0 Å². The number of hydrogen-bond acceptors (Lipinski definition) is 2. The molecule has 0 saturated heterocycles. The molecule has 5 heteroatoms. The van der Waals surface area contributed by atoms with Crippen molar-refractivity contribution in [3.05, 3.63) is 35.1 Å². The zero-order valence-electron chi connectivity index (χ0n) is 10.2. The first kappa shape index (κ1) is 13.4. The van der Waals surface area contributed by atoms with Crippen LogP contribution in [-0.4, -0.2) is 0 Å². The summed E-state index contributed by atoms with van der Waals surface area (Å²) in [6.07, 6.45) is 2.87. The van der Waals surface area contributed by atoms with Gasteiger partial charge in [-0.05, 0) is 30.7 Å². The Bertz CT molecular complexity index is 436. The summed E-state index contributed by atoms with van der Waals surface area (Å²) in [5, 5.41) is 0. The van der Waals surface area contributed by atoms with Crippen LogP contribution in [0.25, 0.3) is 0 Å². The average Bonchev–Trinajstić information content (AvgIpc) is 2.77. The van der Waals surface area contributed by atoms with Crippen LogP contribution < -0.4 is 11.3 Å². The fourth-order valence-electron chi connectivity index (χ4n) is 2.81. The molecule has 1 fully saturated rings. The molecule has 3 atom stereocenters. The molecule has 1 aliphatic carbocycles. The summed E-state index contributed by atoms with van der Waals surface area (Å²) in [4.78, 5) is 0. The van der Waals surface area contributed by atoms with Crippen LogP contribution in [0.5, 0.6) is 0 Å². The molecule has 2 rings (SSSR count). The predicted octanol–water partition coefficient (Wildman–Crippen LogP) is 3.04. The van der Waals surface area contributed by atoms with E-state index < -0.39 is 23.5 Å². The second-order valence-corrected chi connectivity index (χ2v) is 5.09. The van der Waals surface area contributed by atoms with Gasteiger partial charge < -0.3 is 0 Å². The molecule has 2 nitrogen and oxygen atoms in total. The van der Waals surface area contributed by atoms with Gasteiger partial charge in [-0.1, -0.05) is 19.4 Å². The van der Waals surface area contributed by atoms with Crippen molar-refractivity contribution >= 4 is 0 Å². The maximum Gasteiger partial charge on any atom is 0.194 e. The Hall–Kier alpha value is -1.07. The fourth-order valence-corrected chi connectivity index (χ4v) is 2.81. The van der Waals surface area contributed by atoms with Crippen LogP contribution in [-0.2, 0) is 0 Å². The summed E-state index contributed by atoms with van der Waals surface area (Å²) in [5.41, 5.74) is 2.65. The molecule has 18 heavy (non-hydrogen) atoms. The summed E-state index contributed by atoms with van der Waals surface area (Å²) in [6.45, 7) is 2.12. The highest BCUT2D eigenvalue weighted by Gasteiger charge is 2.31. The van der Waals surface area contributed by atoms with Gasteiger partial charge in [0.15, 0.2) is 17.5 Å². The van der Waals surface area contributed by atoms with Crippen molar-refractivity contribution in [1.82, 2.24) is 5.43 Å². The number of nitrogens with one attached hydrogen (secondary N) is 1. The molecule has 0 spiro atoms. The third-order valence-corrected chi connectivity index (χ3v) is 3.79. The second-order valence-electron chi connectivity index (χ2n) is 5.09. The summed E-state index contributed by atoms with van der Waals surface area (Å²) >= 11 is 0.